The third-order valence-electron chi connectivity index (χ3n) is 3.96. The van der Waals surface area contributed by atoms with Crippen LogP contribution in [-0.4, -0.2) is 44.5 Å². The predicted octanol–water partition coefficient (Wildman–Crippen LogP) is 2.28. The topological polar surface area (TPSA) is 76.5 Å². The Bertz CT molecular complexity index is 889. The van der Waals surface area contributed by atoms with E-state index in [9.17, 15) is 4.79 Å². The molecule has 1 unspecified atom stereocenters. The van der Waals surface area contributed by atoms with Gasteiger partial charge in [0.15, 0.2) is 5.01 Å². The number of carbonyl (C=O) groups excluding carboxylic acids is 1. The molecule has 118 valence electrons. The molecule has 6 nitrogen and oxygen atoms in total. The zero-order valence-electron chi connectivity index (χ0n) is 12.1. The number of nitrogens with zero attached hydrogens (tertiary/aromatic N) is 4. The lowest BCUT2D eigenvalue weighted by molar-refractivity contribution is 0.0790. The van der Waals surface area contributed by atoms with Gasteiger partial charge >= 0.3 is 0 Å². The molecular weight excluding hydrogens is 334 g/mol. The average Bonchev–Trinajstić information content (AvgIpc) is 3.24. The first-order valence-corrected chi connectivity index (χ1v) is 8.47. The number of rotatable bonds is 2. The maximum absolute atomic E-state index is 12.5. The molecule has 0 radical (unpaired) electrons. The Morgan fingerprint density at radius 2 is 2.30 bits per heavy atom. The molecule has 1 aliphatic heterocycles. The van der Waals surface area contributed by atoms with Crippen LogP contribution in [0.5, 0.6) is 0 Å². The number of aromatic nitrogens is 3. The first-order chi connectivity index (χ1) is 11.1. The average molecular weight is 348 g/mol. The zero-order chi connectivity index (χ0) is 16.0. The van der Waals surface area contributed by atoms with Crippen molar-refractivity contribution in [1.82, 2.24) is 19.5 Å². The minimum absolute atomic E-state index is 0.0495. The molecule has 1 atom stereocenters. The summed E-state index contributed by atoms with van der Waals surface area (Å²) >= 11 is 7.54. The van der Waals surface area contributed by atoms with E-state index in [1.165, 1.54) is 11.3 Å². The molecule has 1 saturated heterocycles. The molecule has 0 saturated carbocycles. The van der Waals surface area contributed by atoms with Crippen LogP contribution < -0.4 is 5.73 Å². The van der Waals surface area contributed by atoms with E-state index in [4.69, 9.17) is 17.3 Å². The van der Waals surface area contributed by atoms with Crippen LogP contribution >= 0.6 is 22.9 Å². The third-order valence-corrected chi connectivity index (χ3v) is 5.20. The largest absolute Gasteiger partial charge is 0.335 e. The van der Waals surface area contributed by atoms with Gasteiger partial charge in [-0.3, -0.25) is 4.79 Å². The molecule has 1 fully saturated rings. The number of halogens is 1. The van der Waals surface area contributed by atoms with Crippen LogP contribution in [0, 0.1) is 0 Å². The van der Waals surface area contributed by atoms with Gasteiger partial charge in [-0.05, 0) is 18.6 Å². The molecule has 0 spiro atoms. The summed E-state index contributed by atoms with van der Waals surface area (Å²) < 4.78 is 2.25. The van der Waals surface area contributed by atoms with Gasteiger partial charge in [-0.25, -0.2) is 9.50 Å². The minimum Gasteiger partial charge on any atom is -0.335 e. The molecule has 0 aromatic carbocycles. The van der Waals surface area contributed by atoms with E-state index < -0.39 is 0 Å². The summed E-state index contributed by atoms with van der Waals surface area (Å²) in [4.78, 5) is 18.7. The molecule has 2 N–H and O–H groups in total. The van der Waals surface area contributed by atoms with Gasteiger partial charge in [-0.15, -0.1) is 0 Å². The van der Waals surface area contributed by atoms with Crippen molar-refractivity contribution in [2.24, 2.45) is 5.73 Å². The highest BCUT2D eigenvalue weighted by Gasteiger charge is 2.28. The number of amides is 1. The lowest BCUT2D eigenvalue weighted by atomic mass is 10.2. The van der Waals surface area contributed by atoms with Gasteiger partial charge in [0.1, 0.15) is 10.0 Å². The highest BCUT2D eigenvalue weighted by atomic mass is 35.5. The van der Waals surface area contributed by atoms with Crippen LogP contribution in [0.25, 0.3) is 16.8 Å². The van der Waals surface area contributed by atoms with Crippen LogP contribution in [0.15, 0.2) is 30.6 Å². The van der Waals surface area contributed by atoms with Crippen molar-refractivity contribution in [3.63, 3.8) is 0 Å². The second-order valence-corrected chi connectivity index (χ2v) is 7.13. The highest BCUT2D eigenvalue weighted by molar-refractivity contribution is 7.18. The number of hydrogen-bond acceptors (Lipinski definition) is 5. The van der Waals surface area contributed by atoms with Crippen molar-refractivity contribution < 1.29 is 4.79 Å². The molecule has 0 bridgehead atoms. The third kappa shape index (κ3) is 2.50. The Morgan fingerprint density at radius 1 is 1.43 bits per heavy atom. The standard InChI is InChI=1S/C15H14ClN5OS/c16-13-12(10-7-18-21-5-2-1-3-11(10)21)19-14(23-13)15(22)20-6-4-9(17)8-20/h1-3,5,7,9H,4,6,8,17H2. The Kier molecular flexibility index (Phi) is 3.56. The second kappa shape index (κ2) is 5.59. The molecular formula is C15H14ClN5OS. The van der Waals surface area contributed by atoms with Crippen molar-refractivity contribution >= 4 is 34.4 Å². The Morgan fingerprint density at radius 3 is 3.09 bits per heavy atom. The van der Waals surface area contributed by atoms with Gasteiger partial charge in [0.25, 0.3) is 5.91 Å². The number of nitrogens with two attached hydrogens (primary N) is 1. The summed E-state index contributed by atoms with van der Waals surface area (Å²) in [5, 5.41) is 4.69. The predicted molar refractivity (Wildman–Crippen MR) is 89.8 cm³/mol. The Balaban J connectivity index is 1.71. The number of hydrogen-bond donors (Lipinski definition) is 1. The van der Waals surface area contributed by atoms with Crippen LogP contribution in [0.3, 0.4) is 0 Å². The van der Waals surface area contributed by atoms with Crippen LogP contribution in [0.1, 0.15) is 16.2 Å². The second-order valence-electron chi connectivity index (χ2n) is 5.53. The van der Waals surface area contributed by atoms with Crippen LogP contribution in [0.2, 0.25) is 4.34 Å². The molecule has 4 rings (SSSR count). The maximum atomic E-state index is 12.5. The minimum atomic E-state index is -0.104. The van der Waals surface area contributed by atoms with E-state index in [-0.39, 0.29) is 11.9 Å². The van der Waals surface area contributed by atoms with Gasteiger partial charge in [-0.1, -0.05) is 29.0 Å². The van der Waals surface area contributed by atoms with E-state index in [1.807, 2.05) is 24.4 Å². The SMILES string of the molecule is NC1CCN(C(=O)c2nc(-c3cnn4ccccc34)c(Cl)s2)C1. The summed E-state index contributed by atoms with van der Waals surface area (Å²) in [6, 6.07) is 5.82. The molecule has 8 heteroatoms. The van der Waals surface area contributed by atoms with E-state index in [1.54, 1.807) is 15.6 Å². The summed E-state index contributed by atoms with van der Waals surface area (Å²) in [7, 11) is 0. The molecule has 4 heterocycles. The summed E-state index contributed by atoms with van der Waals surface area (Å²) in [5.74, 6) is -0.104. The van der Waals surface area contributed by atoms with E-state index >= 15 is 0 Å². The number of thiazole rings is 1. The molecule has 23 heavy (non-hydrogen) atoms. The smallest absolute Gasteiger partial charge is 0.282 e. The van der Waals surface area contributed by atoms with Crippen molar-refractivity contribution in [1.29, 1.82) is 0 Å². The highest BCUT2D eigenvalue weighted by Crippen LogP contribution is 2.35. The monoisotopic (exact) mass is 347 g/mol. The number of carbonyl (C=O) groups is 1. The quantitative estimate of drug-likeness (QED) is 0.771. The van der Waals surface area contributed by atoms with Gasteiger partial charge in [-0.2, -0.15) is 5.10 Å². The van der Waals surface area contributed by atoms with Crippen LogP contribution in [0.4, 0.5) is 0 Å². The summed E-state index contributed by atoms with van der Waals surface area (Å²) in [5.41, 5.74) is 8.20. The van der Waals surface area contributed by atoms with Gasteiger partial charge < -0.3 is 10.6 Å². The fourth-order valence-electron chi connectivity index (χ4n) is 2.78. The fourth-order valence-corrected chi connectivity index (χ4v) is 3.92. The molecule has 0 aliphatic carbocycles. The van der Waals surface area contributed by atoms with Gasteiger partial charge in [0, 0.05) is 30.9 Å². The van der Waals surface area contributed by atoms with Crippen molar-refractivity contribution in [2.75, 3.05) is 13.1 Å². The first kappa shape index (κ1) is 14.6. The number of fused-ring (bicyclic) bond motifs is 1. The molecule has 3 aromatic heterocycles. The molecule has 1 aliphatic rings. The number of pyridine rings is 1. The summed E-state index contributed by atoms with van der Waals surface area (Å²) in [6.45, 7) is 1.24. The lowest BCUT2D eigenvalue weighted by Crippen LogP contribution is -2.31. The maximum Gasteiger partial charge on any atom is 0.282 e. The van der Waals surface area contributed by atoms with E-state index in [0.29, 0.717) is 28.1 Å². The molecule has 1 amide bonds. The van der Waals surface area contributed by atoms with Gasteiger partial charge in [0.2, 0.25) is 0 Å². The van der Waals surface area contributed by atoms with Crippen molar-refractivity contribution in [3.05, 3.63) is 39.9 Å². The van der Waals surface area contributed by atoms with Crippen molar-refractivity contribution in [2.45, 2.75) is 12.5 Å². The Labute approximate surface area is 141 Å². The Hall–Kier alpha value is -1.96. The zero-order valence-corrected chi connectivity index (χ0v) is 13.7. The van der Waals surface area contributed by atoms with Crippen LogP contribution in [-0.2, 0) is 0 Å². The first-order valence-electron chi connectivity index (χ1n) is 7.27. The fraction of sp³-hybridized carbons (Fsp3) is 0.267. The summed E-state index contributed by atoms with van der Waals surface area (Å²) in [6.07, 6.45) is 4.40. The van der Waals surface area contributed by atoms with E-state index in [2.05, 4.69) is 10.1 Å². The van der Waals surface area contributed by atoms with Crippen molar-refractivity contribution in [3.8, 4) is 11.3 Å². The van der Waals surface area contributed by atoms with E-state index in [0.717, 1.165) is 17.5 Å². The number of likely N-dealkylation sites (tertiary alicyclic amines) is 1. The normalized spacial score (nSPS) is 18.0. The molecule has 3 aromatic rings. The van der Waals surface area contributed by atoms with Gasteiger partial charge in [0.05, 0.1) is 11.7 Å². The lowest BCUT2D eigenvalue weighted by Gasteiger charge is -2.13.